The zero-order valence-electron chi connectivity index (χ0n) is 12.6. The highest BCUT2D eigenvalue weighted by molar-refractivity contribution is 6.30. The van der Waals surface area contributed by atoms with E-state index in [1.165, 1.54) is 0 Å². The molecule has 0 unspecified atom stereocenters. The number of rotatable bonds is 6. The third-order valence-corrected chi connectivity index (χ3v) is 4.66. The van der Waals surface area contributed by atoms with Crippen LogP contribution in [0.2, 0.25) is 5.02 Å². The zero-order valence-corrected chi connectivity index (χ0v) is 13.3. The maximum atomic E-state index is 12.3. The maximum Gasteiger partial charge on any atom is 0.223 e. The van der Waals surface area contributed by atoms with Gasteiger partial charge in [-0.1, -0.05) is 23.7 Å². The number of benzene rings is 1. The first kappa shape index (κ1) is 15.3. The van der Waals surface area contributed by atoms with Crippen LogP contribution in [0.1, 0.15) is 43.7 Å². The van der Waals surface area contributed by atoms with Crippen LogP contribution in [0.15, 0.2) is 24.3 Å². The third-order valence-electron chi connectivity index (χ3n) is 4.41. The Kier molecular flexibility index (Phi) is 4.67. The molecule has 1 saturated heterocycles. The maximum absolute atomic E-state index is 12.3. The Morgan fingerprint density at radius 2 is 1.91 bits per heavy atom. The van der Waals surface area contributed by atoms with Crippen molar-refractivity contribution in [1.29, 1.82) is 0 Å². The molecule has 1 aromatic rings. The lowest BCUT2D eigenvalue weighted by Gasteiger charge is -2.41. The molecule has 5 heteroatoms. The van der Waals surface area contributed by atoms with E-state index >= 15 is 0 Å². The zero-order chi connectivity index (χ0) is 15.5. The molecule has 2 amide bonds. The van der Waals surface area contributed by atoms with Gasteiger partial charge >= 0.3 is 0 Å². The molecule has 1 saturated carbocycles. The van der Waals surface area contributed by atoms with Crippen molar-refractivity contribution >= 4 is 23.4 Å². The molecule has 118 valence electrons. The standard InChI is InChI=1S/C17H21ClN2O2/c18-14-7-5-12(6-8-14)15-9-11-20(15)16(21)2-1-10-19-17(22)13-3-4-13/h5-8,13,15H,1-4,9-11H2,(H,19,22)/t15-/m1/s1. The lowest BCUT2D eigenvalue weighted by atomic mass is 9.94. The van der Waals surface area contributed by atoms with Gasteiger partial charge in [0.1, 0.15) is 0 Å². The molecule has 1 heterocycles. The van der Waals surface area contributed by atoms with Crippen molar-refractivity contribution in [2.24, 2.45) is 5.92 Å². The number of hydrogen-bond donors (Lipinski definition) is 1. The van der Waals surface area contributed by atoms with Crippen molar-refractivity contribution in [1.82, 2.24) is 10.2 Å². The summed E-state index contributed by atoms with van der Waals surface area (Å²) in [7, 11) is 0. The van der Waals surface area contributed by atoms with Crippen molar-refractivity contribution in [3.8, 4) is 0 Å². The van der Waals surface area contributed by atoms with Gasteiger partial charge in [0.25, 0.3) is 0 Å². The topological polar surface area (TPSA) is 49.4 Å². The number of carbonyl (C=O) groups excluding carboxylic acids is 2. The van der Waals surface area contributed by atoms with Gasteiger partial charge in [0.2, 0.25) is 11.8 Å². The molecule has 0 radical (unpaired) electrons. The second kappa shape index (κ2) is 6.69. The summed E-state index contributed by atoms with van der Waals surface area (Å²) < 4.78 is 0. The van der Waals surface area contributed by atoms with Crippen LogP contribution in [0, 0.1) is 5.92 Å². The highest BCUT2D eigenvalue weighted by Crippen LogP contribution is 2.34. The lowest BCUT2D eigenvalue weighted by molar-refractivity contribution is -0.139. The van der Waals surface area contributed by atoms with Gasteiger partial charge in [0.05, 0.1) is 6.04 Å². The first-order valence-corrected chi connectivity index (χ1v) is 8.35. The Hall–Kier alpha value is -1.55. The number of nitrogens with one attached hydrogen (secondary N) is 1. The van der Waals surface area contributed by atoms with Gasteiger partial charge in [-0.05, 0) is 43.4 Å². The highest BCUT2D eigenvalue weighted by atomic mass is 35.5. The first-order valence-electron chi connectivity index (χ1n) is 7.98. The van der Waals surface area contributed by atoms with Crippen molar-refractivity contribution in [3.63, 3.8) is 0 Å². The summed E-state index contributed by atoms with van der Waals surface area (Å²) >= 11 is 5.90. The van der Waals surface area contributed by atoms with E-state index in [2.05, 4.69) is 5.32 Å². The van der Waals surface area contributed by atoms with Gasteiger partial charge in [-0.3, -0.25) is 9.59 Å². The van der Waals surface area contributed by atoms with Gasteiger partial charge < -0.3 is 10.2 Å². The summed E-state index contributed by atoms with van der Waals surface area (Å²) in [4.78, 5) is 25.7. The largest absolute Gasteiger partial charge is 0.356 e. The highest BCUT2D eigenvalue weighted by Gasteiger charge is 2.33. The molecular weight excluding hydrogens is 300 g/mol. The summed E-state index contributed by atoms with van der Waals surface area (Å²) in [6.45, 7) is 1.42. The molecule has 0 aromatic heterocycles. The molecule has 22 heavy (non-hydrogen) atoms. The molecule has 1 aliphatic heterocycles. The summed E-state index contributed by atoms with van der Waals surface area (Å²) in [5, 5.41) is 3.61. The molecule has 1 aromatic carbocycles. The minimum Gasteiger partial charge on any atom is -0.356 e. The quantitative estimate of drug-likeness (QED) is 0.819. The SMILES string of the molecule is O=C(NCCCC(=O)N1CC[C@@H]1c1ccc(Cl)cc1)C1CC1. The van der Waals surface area contributed by atoms with E-state index in [0.29, 0.717) is 24.4 Å². The number of amides is 2. The molecular formula is C17H21ClN2O2. The van der Waals surface area contributed by atoms with E-state index < -0.39 is 0 Å². The smallest absolute Gasteiger partial charge is 0.223 e. The normalized spacial score (nSPS) is 20.4. The number of nitrogens with zero attached hydrogens (tertiary/aromatic N) is 1. The van der Waals surface area contributed by atoms with Crippen LogP contribution in [0.4, 0.5) is 0 Å². The van der Waals surface area contributed by atoms with Crippen LogP contribution in [0.25, 0.3) is 0 Å². The van der Waals surface area contributed by atoms with Crippen LogP contribution >= 0.6 is 11.6 Å². The summed E-state index contributed by atoms with van der Waals surface area (Å²) in [6, 6.07) is 7.90. The fourth-order valence-electron chi connectivity index (χ4n) is 2.80. The fourth-order valence-corrected chi connectivity index (χ4v) is 2.93. The summed E-state index contributed by atoms with van der Waals surface area (Å²) in [5.74, 6) is 0.558. The Labute approximate surface area is 135 Å². The molecule has 1 aliphatic carbocycles. The van der Waals surface area contributed by atoms with Gasteiger partial charge in [-0.25, -0.2) is 0 Å². The van der Waals surface area contributed by atoms with Gasteiger partial charge in [-0.15, -0.1) is 0 Å². The van der Waals surface area contributed by atoms with Gasteiger partial charge in [0.15, 0.2) is 0 Å². The van der Waals surface area contributed by atoms with E-state index in [0.717, 1.165) is 31.4 Å². The summed E-state index contributed by atoms with van der Waals surface area (Å²) in [6.07, 6.45) is 4.24. The second-order valence-corrected chi connectivity index (χ2v) is 6.55. The lowest BCUT2D eigenvalue weighted by Crippen LogP contribution is -2.45. The van der Waals surface area contributed by atoms with E-state index in [4.69, 9.17) is 11.6 Å². The molecule has 2 fully saturated rings. The van der Waals surface area contributed by atoms with Gasteiger partial charge in [0, 0.05) is 30.5 Å². The molecule has 1 N–H and O–H groups in total. The van der Waals surface area contributed by atoms with Crippen LogP contribution in [0.3, 0.4) is 0 Å². The molecule has 3 rings (SSSR count). The Morgan fingerprint density at radius 3 is 2.50 bits per heavy atom. The summed E-state index contributed by atoms with van der Waals surface area (Å²) in [5.41, 5.74) is 1.14. The third kappa shape index (κ3) is 3.61. The van der Waals surface area contributed by atoms with Gasteiger partial charge in [-0.2, -0.15) is 0 Å². The molecule has 1 atom stereocenters. The minimum absolute atomic E-state index is 0.149. The van der Waals surface area contributed by atoms with Crippen molar-refractivity contribution in [2.45, 2.75) is 38.1 Å². The fraction of sp³-hybridized carbons (Fsp3) is 0.529. The molecule has 0 bridgehead atoms. The molecule has 4 nitrogen and oxygen atoms in total. The van der Waals surface area contributed by atoms with Crippen LogP contribution in [-0.2, 0) is 9.59 Å². The second-order valence-electron chi connectivity index (χ2n) is 6.11. The number of likely N-dealkylation sites (tertiary alicyclic amines) is 1. The van der Waals surface area contributed by atoms with E-state index in [1.807, 2.05) is 29.2 Å². The number of halogens is 1. The molecule has 0 spiro atoms. The molecule has 2 aliphatic rings. The average molecular weight is 321 g/mol. The van der Waals surface area contributed by atoms with Crippen molar-refractivity contribution < 1.29 is 9.59 Å². The van der Waals surface area contributed by atoms with E-state index in [1.54, 1.807) is 0 Å². The number of carbonyl (C=O) groups is 2. The van der Waals surface area contributed by atoms with Crippen LogP contribution in [0.5, 0.6) is 0 Å². The number of hydrogen-bond acceptors (Lipinski definition) is 2. The Balaban J connectivity index is 1.42. The van der Waals surface area contributed by atoms with Crippen molar-refractivity contribution in [2.75, 3.05) is 13.1 Å². The first-order chi connectivity index (χ1) is 10.6. The monoisotopic (exact) mass is 320 g/mol. The van der Waals surface area contributed by atoms with Crippen LogP contribution in [-0.4, -0.2) is 29.8 Å². The van der Waals surface area contributed by atoms with E-state index in [9.17, 15) is 9.59 Å². The van der Waals surface area contributed by atoms with Crippen molar-refractivity contribution in [3.05, 3.63) is 34.9 Å². The van der Waals surface area contributed by atoms with E-state index in [-0.39, 0.29) is 23.8 Å². The average Bonchev–Trinajstić information content (AvgIpc) is 3.29. The Morgan fingerprint density at radius 1 is 1.18 bits per heavy atom. The predicted octanol–water partition coefficient (Wildman–Crippen LogP) is 2.92. The Bertz CT molecular complexity index is 554. The van der Waals surface area contributed by atoms with Crippen LogP contribution < -0.4 is 5.32 Å². The predicted molar refractivity (Wildman–Crippen MR) is 85.5 cm³/mol. The minimum atomic E-state index is 0.149.